The summed E-state index contributed by atoms with van der Waals surface area (Å²) < 4.78 is 19.0. The van der Waals surface area contributed by atoms with Crippen LogP contribution in [0.2, 0.25) is 0 Å². The number of ether oxygens (including phenoxy) is 3. The predicted octanol–water partition coefficient (Wildman–Crippen LogP) is 0.497. The molecule has 2 unspecified atom stereocenters. The number of aliphatic hydroxyl groups excluding tert-OH is 1. The Labute approximate surface area is 139 Å². The molecule has 4 atom stereocenters. The van der Waals surface area contributed by atoms with E-state index in [0.717, 1.165) is 0 Å². The molecule has 3 heterocycles. The molecule has 0 bridgehead atoms. The van der Waals surface area contributed by atoms with Crippen LogP contribution in [-0.2, 0) is 14.2 Å². The zero-order valence-electron chi connectivity index (χ0n) is 14.0. The molecule has 0 aliphatic carbocycles. The molecule has 9 heteroatoms. The molecule has 1 fully saturated rings. The number of rotatable bonds is 6. The Morgan fingerprint density at radius 2 is 2.17 bits per heavy atom. The normalized spacial score (nSPS) is 27.4. The highest BCUT2D eigenvalue weighted by atomic mass is 16.6. The van der Waals surface area contributed by atoms with Crippen LogP contribution in [0.3, 0.4) is 0 Å². The number of aromatic nitrogens is 4. The summed E-state index contributed by atoms with van der Waals surface area (Å²) >= 11 is 0. The van der Waals surface area contributed by atoms with Gasteiger partial charge in [-0.25, -0.2) is 15.0 Å². The first-order valence-corrected chi connectivity index (χ1v) is 8.02. The highest BCUT2D eigenvalue weighted by Gasteiger charge is 2.46. The molecular formula is C15H23N5O4. The summed E-state index contributed by atoms with van der Waals surface area (Å²) in [5.74, 6) is 0.284. The van der Waals surface area contributed by atoms with E-state index < -0.39 is 18.4 Å². The molecule has 0 amide bonds. The van der Waals surface area contributed by atoms with Gasteiger partial charge in [-0.15, -0.1) is 0 Å². The van der Waals surface area contributed by atoms with Gasteiger partial charge in [-0.05, 0) is 20.8 Å². The molecule has 0 aromatic carbocycles. The zero-order chi connectivity index (χ0) is 17.3. The molecule has 9 nitrogen and oxygen atoms in total. The molecule has 0 radical (unpaired) electrons. The third-order valence-electron chi connectivity index (χ3n) is 3.89. The summed E-state index contributed by atoms with van der Waals surface area (Å²) in [6.07, 6.45) is 0.400. The first-order chi connectivity index (χ1) is 11.5. The van der Waals surface area contributed by atoms with Crippen molar-refractivity contribution in [1.29, 1.82) is 0 Å². The Kier molecular flexibility index (Phi) is 4.95. The van der Waals surface area contributed by atoms with Gasteiger partial charge < -0.3 is 25.1 Å². The fourth-order valence-corrected chi connectivity index (χ4v) is 2.86. The Morgan fingerprint density at radius 1 is 1.38 bits per heavy atom. The second kappa shape index (κ2) is 6.98. The van der Waals surface area contributed by atoms with Crippen LogP contribution in [0.15, 0.2) is 12.7 Å². The smallest absolute Gasteiger partial charge is 0.167 e. The van der Waals surface area contributed by atoms with Gasteiger partial charge in [0.15, 0.2) is 17.7 Å². The molecule has 0 saturated carbocycles. The fraction of sp³-hybridized carbons (Fsp3) is 0.667. The third-order valence-corrected chi connectivity index (χ3v) is 3.89. The highest BCUT2D eigenvalue weighted by molar-refractivity contribution is 5.81. The average Bonchev–Trinajstić information content (AvgIpc) is 3.09. The van der Waals surface area contributed by atoms with Gasteiger partial charge >= 0.3 is 0 Å². The van der Waals surface area contributed by atoms with Gasteiger partial charge in [0, 0.05) is 6.61 Å². The molecule has 1 aliphatic heterocycles. The van der Waals surface area contributed by atoms with Crippen LogP contribution in [0, 0.1) is 0 Å². The van der Waals surface area contributed by atoms with Crippen LogP contribution in [-0.4, -0.2) is 62.3 Å². The van der Waals surface area contributed by atoms with E-state index in [1.807, 2.05) is 20.8 Å². The highest BCUT2D eigenvalue weighted by Crippen LogP contribution is 2.34. The molecule has 2 aromatic rings. The quantitative estimate of drug-likeness (QED) is 0.782. The number of hydrogen-bond donors (Lipinski definition) is 2. The van der Waals surface area contributed by atoms with E-state index in [4.69, 9.17) is 19.9 Å². The van der Waals surface area contributed by atoms with Crippen LogP contribution in [0.1, 0.15) is 27.0 Å². The lowest BCUT2D eigenvalue weighted by molar-refractivity contribution is -0.0885. The summed E-state index contributed by atoms with van der Waals surface area (Å²) in [4.78, 5) is 12.3. The number of hydrogen-bond acceptors (Lipinski definition) is 8. The van der Waals surface area contributed by atoms with E-state index in [-0.39, 0.29) is 18.0 Å². The van der Waals surface area contributed by atoms with Crippen LogP contribution >= 0.6 is 0 Å². The summed E-state index contributed by atoms with van der Waals surface area (Å²) in [7, 11) is 0. The molecule has 132 valence electrons. The first kappa shape index (κ1) is 17.0. The van der Waals surface area contributed by atoms with Crippen molar-refractivity contribution < 1.29 is 19.3 Å². The van der Waals surface area contributed by atoms with Crippen molar-refractivity contribution >= 4 is 17.0 Å². The maximum atomic E-state index is 10.7. The van der Waals surface area contributed by atoms with E-state index in [2.05, 4.69) is 15.0 Å². The van der Waals surface area contributed by atoms with Gasteiger partial charge in [-0.1, -0.05) is 0 Å². The summed E-state index contributed by atoms with van der Waals surface area (Å²) in [6.45, 7) is 6.64. The van der Waals surface area contributed by atoms with Crippen LogP contribution in [0.5, 0.6) is 0 Å². The number of nitrogens with zero attached hydrogens (tertiary/aromatic N) is 4. The van der Waals surface area contributed by atoms with Gasteiger partial charge in [0.2, 0.25) is 0 Å². The van der Waals surface area contributed by atoms with Crippen LogP contribution < -0.4 is 5.73 Å². The number of anilines is 1. The van der Waals surface area contributed by atoms with Gasteiger partial charge in [0.25, 0.3) is 0 Å². The maximum Gasteiger partial charge on any atom is 0.167 e. The lowest BCUT2D eigenvalue weighted by Crippen LogP contribution is -2.38. The molecule has 1 saturated heterocycles. The molecule has 24 heavy (non-hydrogen) atoms. The summed E-state index contributed by atoms with van der Waals surface area (Å²) in [6, 6.07) is 0. The van der Waals surface area contributed by atoms with Gasteiger partial charge in [0.05, 0.1) is 19.0 Å². The SMILES string of the molecule is CCOC[C@H]1O[C@@H](n2cnc3c(N)ncnc32)C(O)C1OC(C)C. The number of imidazole rings is 1. The van der Waals surface area contributed by atoms with Crippen molar-refractivity contribution in [3.05, 3.63) is 12.7 Å². The summed E-state index contributed by atoms with van der Waals surface area (Å²) in [5, 5.41) is 10.7. The van der Waals surface area contributed by atoms with Crippen molar-refractivity contribution in [2.45, 2.75) is 51.4 Å². The van der Waals surface area contributed by atoms with Gasteiger partial charge in [-0.3, -0.25) is 4.57 Å². The number of nitrogen functional groups attached to an aromatic ring is 1. The van der Waals surface area contributed by atoms with E-state index in [9.17, 15) is 5.11 Å². The van der Waals surface area contributed by atoms with E-state index in [1.165, 1.54) is 6.33 Å². The van der Waals surface area contributed by atoms with E-state index in [0.29, 0.717) is 24.4 Å². The second-order valence-corrected chi connectivity index (χ2v) is 5.95. The van der Waals surface area contributed by atoms with Crippen molar-refractivity contribution in [3.63, 3.8) is 0 Å². The molecule has 2 aromatic heterocycles. The lowest BCUT2D eigenvalue weighted by atomic mass is 10.1. The minimum Gasteiger partial charge on any atom is -0.386 e. The molecule has 3 rings (SSSR count). The topological polar surface area (TPSA) is 118 Å². The Morgan fingerprint density at radius 3 is 2.88 bits per heavy atom. The van der Waals surface area contributed by atoms with Crippen LogP contribution in [0.25, 0.3) is 11.2 Å². The Balaban J connectivity index is 1.90. The average molecular weight is 337 g/mol. The predicted molar refractivity (Wildman–Crippen MR) is 86.2 cm³/mol. The van der Waals surface area contributed by atoms with E-state index in [1.54, 1.807) is 10.9 Å². The van der Waals surface area contributed by atoms with Crippen molar-refractivity contribution in [3.8, 4) is 0 Å². The Bertz CT molecular complexity index is 692. The van der Waals surface area contributed by atoms with Crippen molar-refractivity contribution in [2.75, 3.05) is 18.9 Å². The molecule has 3 N–H and O–H groups in total. The first-order valence-electron chi connectivity index (χ1n) is 8.02. The Hall–Kier alpha value is -1.81. The van der Waals surface area contributed by atoms with Gasteiger partial charge in [0.1, 0.15) is 30.2 Å². The van der Waals surface area contributed by atoms with Crippen molar-refractivity contribution in [2.24, 2.45) is 0 Å². The monoisotopic (exact) mass is 337 g/mol. The van der Waals surface area contributed by atoms with Crippen molar-refractivity contribution in [1.82, 2.24) is 19.5 Å². The van der Waals surface area contributed by atoms with Crippen LogP contribution in [0.4, 0.5) is 5.82 Å². The zero-order valence-corrected chi connectivity index (χ0v) is 14.0. The number of fused-ring (bicyclic) bond motifs is 1. The number of nitrogens with two attached hydrogens (primary N) is 1. The minimum atomic E-state index is -0.883. The standard InChI is InChI=1S/C15H23N5O4/c1-4-22-5-9-12(23-8(2)3)11(21)15(24-9)20-7-19-10-13(16)17-6-18-14(10)20/h6-9,11-12,15,21H,4-5H2,1-3H3,(H2,16,17,18)/t9-,11?,12?,15-/m1/s1. The maximum absolute atomic E-state index is 10.7. The van der Waals surface area contributed by atoms with Gasteiger partial charge in [-0.2, -0.15) is 0 Å². The fourth-order valence-electron chi connectivity index (χ4n) is 2.86. The number of aliphatic hydroxyl groups is 1. The third kappa shape index (κ3) is 3.07. The van der Waals surface area contributed by atoms with E-state index >= 15 is 0 Å². The minimum absolute atomic E-state index is 0.0476. The summed E-state index contributed by atoms with van der Waals surface area (Å²) in [5.41, 5.74) is 6.80. The largest absolute Gasteiger partial charge is 0.386 e. The molecule has 0 spiro atoms. The second-order valence-electron chi connectivity index (χ2n) is 5.95. The lowest BCUT2D eigenvalue weighted by Gasteiger charge is -2.22. The molecular weight excluding hydrogens is 314 g/mol. The molecule has 1 aliphatic rings.